The maximum absolute atomic E-state index is 3.75. The first kappa shape index (κ1) is 13.6. The van der Waals surface area contributed by atoms with E-state index < -0.39 is 0 Å². The lowest BCUT2D eigenvalue weighted by Gasteiger charge is -2.23. The Morgan fingerprint density at radius 1 is 1.00 bits per heavy atom. The normalized spacial score (nSPS) is 17.5. The molecule has 1 heterocycles. The molecule has 0 spiro atoms. The highest BCUT2D eigenvalue weighted by Gasteiger charge is 2.21. The van der Waals surface area contributed by atoms with Crippen molar-refractivity contribution in [3.05, 3.63) is 71.4 Å². The summed E-state index contributed by atoms with van der Waals surface area (Å²) in [6, 6.07) is 20.0. The second-order valence-corrected chi connectivity index (χ2v) is 6.26. The predicted octanol–water partition coefficient (Wildman–Crippen LogP) is 3.86. The highest BCUT2D eigenvalue weighted by atomic mass is 14.9. The van der Waals surface area contributed by atoms with E-state index in [1.807, 2.05) is 0 Å². The Balaban J connectivity index is 1.41. The SMILES string of the molecule is c1ccc(CCNC2CCc3[nH]c4ccccc4c3C2)cc1. The third-order valence-electron chi connectivity index (χ3n) is 4.78. The van der Waals surface area contributed by atoms with E-state index in [2.05, 4.69) is 64.9 Å². The zero-order valence-corrected chi connectivity index (χ0v) is 12.8. The maximum Gasteiger partial charge on any atom is 0.0458 e. The van der Waals surface area contributed by atoms with Crippen LogP contribution in [0.3, 0.4) is 0 Å². The first-order valence-electron chi connectivity index (χ1n) is 8.26. The quantitative estimate of drug-likeness (QED) is 0.750. The van der Waals surface area contributed by atoms with E-state index in [0.29, 0.717) is 6.04 Å². The molecule has 1 aromatic heterocycles. The van der Waals surface area contributed by atoms with Gasteiger partial charge in [0, 0.05) is 22.6 Å². The van der Waals surface area contributed by atoms with Gasteiger partial charge in [-0.15, -0.1) is 0 Å². The van der Waals surface area contributed by atoms with Crippen molar-refractivity contribution in [2.45, 2.75) is 31.7 Å². The van der Waals surface area contributed by atoms with Gasteiger partial charge in [-0.05, 0) is 49.4 Å². The number of nitrogens with one attached hydrogen (secondary N) is 2. The Labute approximate surface area is 131 Å². The standard InChI is InChI=1S/C20H22N2/c1-2-6-15(7-3-1)12-13-21-16-10-11-20-18(14-16)17-8-4-5-9-19(17)22-20/h1-9,16,21-22H,10-14H2. The molecule has 1 aliphatic rings. The van der Waals surface area contributed by atoms with Crippen LogP contribution in [-0.4, -0.2) is 17.6 Å². The molecule has 0 aliphatic heterocycles. The minimum atomic E-state index is 0.607. The molecule has 1 unspecified atom stereocenters. The number of H-pyrrole nitrogens is 1. The Kier molecular flexibility index (Phi) is 3.69. The minimum Gasteiger partial charge on any atom is -0.358 e. The summed E-state index contributed by atoms with van der Waals surface area (Å²) in [5.74, 6) is 0. The summed E-state index contributed by atoms with van der Waals surface area (Å²) in [5.41, 5.74) is 5.68. The predicted molar refractivity (Wildman–Crippen MR) is 92.3 cm³/mol. The van der Waals surface area contributed by atoms with Crippen LogP contribution in [0.25, 0.3) is 10.9 Å². The van der Waals surface area contributed by atoms with E-state index in [4.69, 9.17) is 0 Å². The summed E-state index contributed by atoms with van der Waals surface area (Å²) in [7, 11) is 0. The third kappa shape index (κ3) is 2.67. The van der Waals surface area contributed by atoms with Gasteiger partial charge in [-0.25, -0.2) is 0 Å². The topological polar surface area (TPSA) is 27.8 Å². The van der Waals surface area contributed by atoms with Crippen molar-refractivity contribution in [3.8, 4) is 0 Å². The highest BCUT2D eigenvalue weighted by molar-refractivity contribution is 5.84. The van der Waals surface area contributed by atoms with Gasteiger partial charge in [-0.3, -0.25) is 0 Å². The summed E-state index contributed by atoms with van der Waals surface area (Å²) in [5, 5.41) is 5.16. The van der Waals surface area contributed by atoms with Gasteiger partial charge in [0.15, 0.2) is 0 Å². The van der Waals surface area contributed by atoms with Gasteiger partial charge >= 0.3 is 0 Å². The lowest BCUT2D eigenvalue weighted by atomic mass is 9.91. The molecule has 0 fully saturated rings. The molecule has 0 radical (unpaired) electrons. The summed E-state index contributed by atoms with van der Waals surface area (Å²) in [6.07, 6.45) is 4.65. The van der Waals surface area contributed by atoms with Crippen molar-refractivity contribution in [2.75, 3.05) is 6.54 Å². The lowest BCUT2D eigenvalue weighted by Crippen LogP contribution is -2.35. The Morgan fingerprint density at radius 2 is 1.82 bits per heavy atom. The first-order chi connectivity index (χ1) is 10.9. The van der Waals surface area contributed by atoms with E-state index in [1.54, 1.807) is 0 Å². The number of para-hydroxylation sites is 1. The molecule has 2 N–H and O–H groups in total. The number of aromatic amines is 1. The number of aryl methyl sites for hydroxylation is 1. The minimum absolute atomic E-state index is 0.607. The second-order valence-electron chi connectivity index (χ2n) is 6.26. The fourth-order valence-corrected chi connectivity index (χ4v) is 3.61. The molecule has 3 aromatic rings. The van der Waals surface area contributed by atoms with E-state index >= 15 is 0 Å². The summed E-state index contributed by atoms with van der Waals surface area (Å²) >= 11 is 0. The lowest BCUT2D eigenvalue weighted by molar-refractivity contribution is 0.461. The van der Waals surface area contributed by atoms with E-state index in [0.717, 1.165) is 25.8 Å². The molecular formula is C20H22N2. The van der Waals surface area contributed by atoms with E-state index in [-0.39, 0.29) is 0 Å². The van der Waals surface area contributed by atoms with Gasteiger partial charge < -0.3 is 10.3 Å². The third-order valence-corrected chi connectivity index (χ3v) is 4.78. The number of hydrogen-bond donors (Lipinski definition) is 2. The molecule has 2 nitrogen and oxygen atoms in total. The molecule has 0 saturated heterocycles. The molecule has 0 saturated carbocycles. The van der Waals surface area contributed by atoms with Gasteiger partial charge in [0.2, 0.25) is 0 Å². The molecule has 2 heteroatoms. The van der Waals surface area contributed by atoms with Gasteiger partial charge in [0.05, 0.1) is 0 Å². The fraction of sp³-hybridized carbons (Fsp3) is 0.300. The molecule has 0 bridgehead atoms. The smallest absolute Gasteiger partial charge is 0.0458 e. The van der Waals surface area contributed by atoms with Crippen LogP contribution in [0.2, 0.25) is 0 Å². The fourth-order valence-electron chi connectivity index (χ4n) is 3.61. The van der Waals surface area contributed by atoms with Crippen LogP contribution in [0.4, 0.5) is 0 Å². The largest absolute Gasteiger partial charge is 0.358 e. The van der Waals surface area contributed by atoms with E-state index in [9.17, 15) is 0 Å². The van der Waals surface area contributed by atoms with Crippen LogP contribution in [0.1, 0.15) is 23.2 Å². The van der Waals surface area contributed by atoms with Crippen molar-refractivity contribution >= 4 is 10.9 Å². The van der Waals surface area contributed by atoms with E-state index in [1.165, 1.54) is 34.1 Å². The molecule has 4 rings (SSSR count). The van der Waals surface area contributed by atoms with Crippen molar-refractivity contribution in [2.24, 2.45) is 0 Å². The van der Waals surface area contributed by atoms with Crippen LogP contribution in [0, 0.1) is 0 Å². The van der Waals surface area contributed by atoms with Crippen LogP contribution < -0.4 is 5.32 Å². The molecular weight excluding hydrogens is 268 g/mol. The van der Waals surface area contributed by atoms with Crippen molar-refractivity contribution < 1.29 is 0 Å². The molecule has 0 amide bonds. The molecule has 112 valence electrons. The monoisotopic (exact) mass is 290 g/mol. The van der Waals surface area contributed by atoms with Crippen LogP contribution in [0.15, 0.2) is 54.6 Å². The number of fused-ring (bicyclic) bond motifs is 3. The Hall–Kier alpha value is -2.06. The average Bonchev–Trinajstić information content (AvgIpc) is 2.94. The second kappa shape index (κ2) is 5.98. The van der Waals surface area contributed by atoms with Gasteiger partial charge in [-0.1, -0.05) is 48.5 Å². The molecule has 2 aromatic carbocycles. The number of rotatable bonds is 4. The average molecular weight is 290 g/mol. The zero-order valence-electron chi connectivity index (χ0n) is 12.8. The Bertz CT molecular complexity index is 758. The zero-order chi connectivity index (χ0) is 14.8. The highest BCUT2D eigenvalue weighted by Crippen LogP contribution is 2.28. The van der Waals surface area contributed by atoms with Crippen molar-refractivity contribution in [3.63, 3.8) is 0 Å². The summed E-state index contributed by atoms with van der Waals surface area (Å²) in [6.45, 7) is 1.06. The van der Waals surface area contributed by atoms with Crippen molar-refractivity contribution in [1.29, 1.82) is 0 Å². The molecule has 1 atom stereocenters. The number of aromatic nitrogens is 1. The van der Waals surface area contributed by atoms with Gasteiger partial charge in [0.1, 0.15) is 0 Å². The maximum atomic E-state index is 3.75. The number of hydrogen-bond acceptors (Lipinski definition) is 1. The Morgan fingerprint density at radius 3 is 2.73 bits per heavy atom. The molecule has 22 heavy (non-hydrogen) atoms. The number of benzene rings is 2. The van der Waals surface area contributed by atoms with Crippen LogP contribution in [0.5, 0.6) is 0 Å². The van der Waals surface area contributed by atoms with Gasteiger partial charge in [-0.2, -0.15) is 0 Å². The summed E-state index contributed by atoms with van der Waals surface area (Å²) < 4.78 is 0. The van der Waals surface area contributed by atoms with Crippen LogP contribution >= 0.6 is 0 Å². The summed E-state index contributed by atoms with van der Waals surface area (Å²) in [4.78, 5) is 3.59. The first-order valence-corrected chi connectivity index (χ1v) is 8.26. The van der Waals surface area contributed by atoms with Crippen molar-refractivity contribution in [1.82, 2.24) is 10.3 Å². The molecule has 1 aliphatic carbocycles. The van der Waals surface area contributed by atoms with Crippen LogP contribution in [-0.2, 0) is 19.3 Å². The van der Waals surface area contributed by atoms with Gasteiger partial charge in [0.25, 0.3) is 0 Å².